The number of aromatic nitrogens is 1. The Morgan fingerprint density at radius 3 is 2.67 bits per heavy atom. The Kier molecular flexibility index (Phi) is 4.96. The molecule has 1 aromatic carbocycles. The van der Waals surface area contributed by atoms with Crippen LogP contribution in [0.3, 0.4) is 0 Å². The van der Waals surface area contributed by atoms with E-state index in [2.05, 4.69) is 17.2 Å². The third kappa shape index (κ3) is 3.61. The molecule has 2 rings (SSSR count). The number of hydrogen-bond acceptors (Lipinski definition) is 4. The molecule has 0 bridgehead atoms. The molecule has 0 aliphatic carbocycles. The van der Waals surface area contributed by atoms with E-state index in [9.17, 15) is 4.79 Å². The van der Waals surface area contributed by atoms with Gasteiger partial charge in [-0.3, -0.25) is 10.1 Å². The van der Waals surface area contributed by atoms with Gasteiger partial charge in [0.1, 0.15) is 5.75 Å². The molecule has 0 saturated carbocycles. The molecule has 0 aliphatic heterocycles. The van der Waals surface area contributed by atoms with E-state index >= 15 is 0 Å². The van der Waals surface area contributed by atoms with E-state index in [0.717, 1.165) is 28.3 Å². The third-order valence-electron chi connectivity index (χ3n) is 3.18. The van der Waals surface area contributed by atoms with Crippen LogP contribution in [-0.4, -0.2) is 17.5 Å². The minimum atomic E-state index is -0.141. The van der Waals surface area contributed by atoms with Gasteiger partial charge in [-0.1, -0.05) is 6.92 Å². The fourth-order valence-electron chi connectivity index (χ4n) is 2.09. The topological polar surface area (TPSA) is 51.2 Å². The van der Waals surface area contributed by atoms with Gasteiger partial charge in [0.15, 0.2) is 5.13 Å². The molecule has 2 aromatic rings. The molecule has 0 radical (unpaired) electrons. The number of ether oxygens (including phenoxy) is 1. The second-order valence-corrected chi connectivity index (χ2v) is 5.95. The molecule has 21 heavy (non-hydrogen) atoms. The molecule has 1 heterocycles. The molecule has 4 nitrogen and oxygen atoms in total. The summed E-state index contributed by atoms with van der Waals surface area (Å²) in [6.45, 7) is 8.57. The number of amides is 1. The Balaban J connectivity index is 2.14. The predicted molar refractivity (Wildman–Crippen MR) is 86.5 cm³/mol. The first kappa shape index (κ1) is 15.5. The molecule has 5 heteroatoms. The fourth-order valence-corrected chi connectivity index (χ4v) is 2.98. The maximum Gasteiger partial charge on any atom is 0.257 e. The van der Waals surface area contributed by atoms with Crippen molar-refractivity contribution in [2.45, 2.75) is 34.1 Å². The molecule has 112 valence electrons. The highest BCUT2D eigenvalue weighted by atomic mass is 32.1. The van der Waals surface area contributed by atoms with E-state index < -0.39 is 0 Å². The number of carbonyl (C=O) groups is 1. The first-order valence-corrected chi connectivity index (χ1v) is 7.87. The number of aryl methyl sites for hydroxylation is 3. The van der Waals surface area contributed by atoms with Crippen LogP contribution in [0, 0.1) is 13.8 Å². The van der Waals surface area contributed by atoms with Gasteiger partial charge in [-0.15, -0.1) is 11.3 Å². The van der Waals surface area contributed by atoms with E-state index in [1.807, 2.05) is 32.9 Å². The van der Waals surface area contributed by atoms with Gasteiger partial charge < -0.3 is 4.74 Å². The summed E-state index contributed by atoms with van der Waals surface area (Å²) in [7, 11) is 0. The maximum absolute atomic E-state index is 12.3. The van der Waals surface area contributed by atoms with Crippen molar-refractivity contribution in [3.8, 4) is 5.75 Å². The maximum atomic E-state index is 12.3. The highest BCUT2D eigenvalue weighted by molar-refractivity contribution is 7.15. The lowest BCUT2D eigenvalue weighted by Gasteiger charge is -2.08. The van der Waals surface area contributed by atoms with E-state index in [1.54, 1.807) is 6.07 Å². The third-order valence-corrected chi connectivity index (χ3v) is 4.11. The molecule has 0 saturated heterocycles. The summed E-state index contributed by atoms with van der Waals surface area (Å²) in [6.07, 6.45) is 0.875. The van der Waals surface area contributed by atoms with Crippen LogP contribution in [0.1, 0.15) is 40.3 Å². The second-order valence-electron chi connectivity index (χ2n) is 4.74. The number of rotatable bonds is 5. The summed E-state index contributed by atoms with van der Waals surface area (Å²) in [4.78, 5) is 17.8. The van der Waals surface area contributed by atoms with Gasteiger partial charge in [0, 0.05) is 10.4 Å². The average molecular weight is 304 g/mol. The van der Waals surface area contributed by atoms with Crippen molar-refractivity contribution < 1.29 is 9.53 Å². The summed E-state index contributed by atoms with van der Waals surface area (Å²) < 4.78 is 5.48. The Bertz CT molecular complexity index is 650. The average Bonchev–Trinajstić information content (AvgIpc) is 2.81. The zero-order chi connectivity index (χ0) is 15.4. The molecule has 0 atom stereocenters. The monoisotopic (exact) mass is 304 g/mol. The molecule has 0 fully saturated rings. The van der Waals surface area contributed by atoms with Crippen LogP contribution in [0.2, 0.25) is 0 Å². The van der Waals surface area contributed by atoms with Crippen molar-refractivity contribution in [1.29, 1.82) is 0 Å². The van der Waals surface area contributed by atoms with Crippen molar-refractivity contribution in [3.05, 3.63) is 39.9 Å². The summed E-state index contributed by atoms with van der Waals surface area (Å²) in [6, 6.07) is 5.44. The van der Waals surface area contributed by atoms with Gasteiger partial charge in [-0.2, -0.15) is 0 Å². The Labute approximate surface area is 129 Å². The summed E-state index contributed by atoms with van der Waals surface area (Å²) in [5, 5.41) is 3.51. The Morgan fingerprint density at radius 1 is 1.33 bits per heavy atom. The number of hydrogen-bond donors (Lipinski definition) is 1. The van der Waals surface area contributed by atoms with E-state index in [-0.39, 0.29) is 5.91 Å². The van der Waals surface area contributed by atoms with Crippen LogP contribution >= 0.6 is 11.3 Å². The van der Waals surface area contributed by atoms with Gasteiger partial charge in [-0.05, 0) is 51.0 Å². The molecule has 0 unspecified atom stereocenters. The van der Waals surface area contributed by atoms with Crippen molar-refractivity contribution in [2.24, 2.45) is 0 Å². The zero-order valence-electron chi connectivity index (χ0n) is 12.8. The number of thiazole rings is 1. The van der Waals surface area contributed by atoms with E-state index in [0.29, 0.717) is 17.3 Å². The highest BCUT2D eigenvalue weighted by Gasteiger charge is 2.12. The van der Waals surface area contributed by atoms with Crippen molar-refractivity contribution in [3.63, 3.8) is 0 Å². The number of anilines is 1. The van der Waals surface area contributed by atoms with E-state index in [1.165, 1.54) is 11.3 Å². The predicted octanol–water partition coefficient (Wildman–Crippen LogP) is 3.97. The van der Waals surface area contributed by atoms with E-state index in [4.69, 9.17) is 4.74 Å². The molecule has 0 spiro atoms. The van der Waals surface area contributed by atoms with Crippen LogP contribution in [0.25, 0.3) is 0 Å². The lowest BCUT2D eigenvalue weighted by Crippen LogP contribution is -2.12. The van der Waals surface area contributed by atoms with Gasteiger partial charge in [0.2, 0.25) is 0 Å². The molecule has 1 aromatic heterocycles. The van der Waals surface area contributed by atoms with Gasteiger partial charge in [-0.25, -0.2) is 4.98 Å². The van der Waals surface area contributed by atoms with Crippen LogP contribution in [0.5, 0.6) is 5.75 Å². The lowest BCUT2D eigenvalue weighted by molar-refractivity contribution is 0.102. The normalized spacial score (nSPS) is 10.5. The number of nitrogens with one attached hydrogen (secondary N) is 1. The fraction of sp³-hybridized carbons (Fsp3) is 0.375. The zero-order valence-corrected chi connectivity index (χ0v) is 13.6. The first-order chi connectivity index (χ1) is 10.0. The molecular formula is C16H20N2O2S. The number of nitrogens with zero attached hydrogens (tertiary/aromatic N) is 1. The van der Waals surface area contributed by atoms with Crippen LogP contribution in [0.4, 0.5) is 5.13 Å². The summed E-state index contributed by atoms with van der Waals surface area (Å²) in [5.74, 6) is 0.671. The second kappa shape index (κ2) is 6.72. The molecule has 1 N–H and O–H groups in total. The molecule has 0 aliphatic rings. The minimum absolute atomic E-state index is 0.141. The Hall–Kier alpha value is -1.88. The van der Waals surface area contributed by atoms with Crippen LogP contribution < -0.4 is 10.1 Å². The smallest absolute Gasteiger partial charge is 0.257 e. The lowest BCUT2D eigenvalue weighted by atomic mass is 10.1. The largest absolute Gasteiger partial charge is 0.494 e. The standard InChI is InChI=1S/C16H20N2O2S/c1-5-13-11(4)21-16(17-13)18-15(19)12-7-8-14(20-6-2)10(3)9-12/h7-9H,5-6H2,1-4H3,(H,17,18,19). The molecule has 1 amide bonds. The SMILES string of the molecule is CCOc1ccc(C(=O)Nc2nc(CC)c(C)s2)cc1C. The van der Waals surface area contributed by atoms with Crippen LogP contribution in [0.15, 0.2) is 18.2 Å². The number of carbonyl (C=O) groups excluding carboxylic acids is 1. The quantitative estimate of drug-likeness (QED) is 0.909. The summed E-state index contributed by atoms with van der Waals surface area (Å²) >= 11 is 1.51. The summed E-state index contributed by atoms with van der Waals surface area (Å²) in [5.41, 5.74) is 2.61. The minimum Gasteiger partial charge on any atom is -0.494 e. The van der Waals surface area contributed by atoms with Crippen molar-refractivity contribution in [2.75, 3.05) is 11.9 Å². The number of benzene rings is 1. The van der Waals surface area contributed by atoms with Gasteiger partial charge in [0.25, 0.3) is 5.91 Å². The first-order valence-electron chi connectivity index (χ1n) is 7.06. The highest BCUT2D eigenvalue weighted by Crippen LogP contribution is 2.24. The van der Waals surface area contributed by atoms with Crippen LogP contribution in [-0.2, 0) is 6.42 Å². The molecular weight excluding hydrogens is 284 g/mol. The Morgan fingerprint density at radius 2 is 2.10 bits per heavy atom. The van der Waals surface area contributed by atoms with Gasteiger partial charge >= 0.3 is 0 Å². The van der Waals surface area contributed by atoms with Crippen molar-refractivity contribution >= 4 is 22.4 Å². The van der Waals surface area contributed by atoms with Crippen molar-refractivity contribution in [1.82, 2.24) is 4.98 Å². The van der Waals surface area contributed by atoms with Gasteiger partial charge in [0.05, 0.1) is 12.3 Å².